The highest BCUT2D eigenvalue weighted by molar-refractivity contribution is 5.99. The van der Waals surface area contributed by atoms with Gasteiger partial charge in [0, 0.05) is 11.4 Å². The molecule has 0 N–H and O–H groups in total. The average Bonchev–Trinajstić information content (AvgIpc) is 3.25. The summed E-state index contributed by atoms with van der Waals surface area (Å²) in [5.41, 5.74) is 6.12. The molecule has 0 atom stereocenters. The number of hydrogen-bond acceptors (Lipinski definition) is 6. The Hall–Kier alpha value is -3.87. The van der Waals surface area contributed by atoms with Gasteiger partial charge in [-0.05, 0) is 52.3 Å². The van der Waals surface area contributed by atoms with Crippen molar-refractivity contribution in [3.05, 3.63) is 88.5 Å². The summed E-state index contributed by atoms with van der Waals surface area (Å²) in [6.07, 6.45) is 1.77. The number of aryl methyl sites for hydroxylation is 1. The second-order valence-electron chi connectivity index (χ2n) is 8.56. The van der Waals surface area contributed by atoms with E-state index in [1.54, 1.807) is 20.2 Å². The average molecular weight is 474 g/mol. The normalized spacial score (nSPS) is 14.6. The lowest BCUT2D eigenvalue weighted by Gasteiger charge is -2.38. The van der Waals surface area contributed by atoms with Crippen molar-refractivity contribution in [3.63, 3.8) is 0 Å². The fraction of sp³-hybridized carbons (Fsp3) is 0.321. The van der Waals surface area contributed by atoms with Crippen molar-refractivity contribution in [2.75, 3.05) is 13.2 Å². The molecule has 2 heterocycles. The highest BCUT2D eigenvalue weighted by Gasteiger charge is 2.40. The summed E-state index contributed by atoms with van der Waals surface area (Å²) in [5.74, 6) is -1.47. The van der Waals surface area contributed by atoms with Crippen molar-refractivity contribution in [2.45, 2.75) is 47.2 Å². The topological polar surface area (TPSA) is 73.7 Å². The highest BCUT2D eigenvalue weighted by atomic mass is 16.5. The van der Waals surface area contributed by atoms with Gasteiger partial charge in [0.15, 0.2) is 0 Å². The maximum Gasteiger partial charge on any atom is 0.336 e. The second kappa shape index (κ2) is 10.2. The molecule has 1 aromatic heterocycles. The number of aromatic nitrogens is 2. The molecular formula is C28H31N3O4. The molecule has 1 aliphatic heterocycles. The summed E-state index contributed by atoms with van der Waals surface area (Å²) >= 11 is 0. The molecule has 0 aliphatic carbocycles. The molecule has 0 unspecified atom stereocenters. The molecule has 1 aliphatic rings. The van der Waals surface area contributed by atoms with Gasteiger partial charge in [-0.15, -0.1) is 0 Å². The first kappa shape index (κ1) is 24.3. The van der Waals surface area contributed by atoms with Gasteiger partial charge in [0.2, 0.25) is 0 Å². The quantitative estimate of drug-likeness (QED) is 0.446. The Bertz CT molecular complexity index is 1280. The molecule has 0 spiro atoms. The minimum Gasteiger partial charge on any atom is -0.463 e. The van der Waals surface area contributed by atoms with Crippen LogP contribution in [0, 0.1) is 6.92 Å². The van der Waals surface area contributed by atoms with Crippen molar-refractivity contribution in [2.24, 2.45) is 0 Å². The number of hydrogen-bond donors (Lipinski definition) is 0. The molecule has 0 bridgehead atoms. The minimum absolute atomic E-state index is 0.236. The molecule has 7 nitrogen and oxygen atoms in total. The Morgan fingerprint density at radius 1 is 0.857 bits per heavy atom. The van der Waals surface area contributed by atoms with E-state index in [9.17, 15) is 9.59 Å². The number of allylic oxidation sites excluding steroid dienone is 2. The molecule has 0 saturated heterocycles. The summed E-state index contributed by atoms with van der Waals surface area (Å²) < 4.78 is 13.0. The predicted octanol–water partition coefficient (Wildman–Crippen LogP) is 5.08. The van der Waals surface area contributed by atoms with E-state index in [0.29, 0.717) is 17.8 Å². The van der Waals surface area contributed by atoms with Crippen LogP contribution in [-0.4, -0.2) is 39.6 Å². The Morgan fingerprint density at radius 2 is 1.43 bits per heavy atom. The van der Waals surface area contributed by atoms with Gasteiger partial charge >= 0.3 is 11.9 Å². The van der Waals surface area contributed by atoms with Crippen LogP contribution < -0.4 is 0 Å². The Labute approximate surface area is 205 Å². The number of imidazole rings is 1. The molecular weight excluding hydrogens is 442 g/mol. The number of carbonyl (C=O) groups excluding carboxylic acids is 2. The van der Waals surface area contributed by atoms with Gasteiger partial charge in [0.25, 0.3) is 0 Å². The van der Waals surface area contributed by atoms with Crippen LogP contribution in [0.5, 0.6) is 0 Å². The standard InChI is InChI=1S/C28H31N3O4/c1-6-34-27(32)24-19(4)31(17-30-16-29-22-10-8-9-11-23(22)30)20(5)25(28(33)35-7-2)26(24)21-14-12-18(3)13-15-21/h8-16,26H,6-7,17H2,1-5H3. The number of benzene rings is 2. The van der Waals surface area contributed by atoms with E-state index in [2.05, 4.69) is 4.98 Å². The van der Waals surface area contributed by atoms with Crippen molar-refractivity contribution in [1.29, 1.82) is 0 Å². The van der Waals surface area contributed by atoms with Gasteiger partial charge in [-0.3, -0.25) is 0 Å². The fourth-order valence-corrected chi connectivity index (χ4v) is 4.63. The summed E-state index contributed by atoms with van der Waals surface area (Å²) in [4.78, 5) is 33.2. The molecule has 0 amide bonds. The van der Waals surface area contributed by atoms with Gasteiger partial charge in [0.1, 0.15) is 6.67 Å². The number of nitrogens with zero attached hydrogens (tertiary/aromatic N) is 3. The number of para-hydroxylation sites is 2. The smallest absolute Gasteiger partial charge is 0.336 e. The second-order valence-corrected chi connectivity index (χ2v) is 8.56. The predicted molar refractivity (Wildman–Crippen MR) is 134 cm³/mol. The largest absolute Gasteiger partial charge is 0.463 e. The zero-order valence-corrected chi connectivity index (χ0v) is 20.9. The van der Waals surface area contributed by atoms with E-state index < -0.39 is 17.9 Å². The molecule has 0 saturated carbocycles. The fourth-order valence-electron chi connectivity index (χ4n) is 4.63. The molecule has 0 fully saturated rings. The Morgan fingerprint density at radius 3 is 2.00 bits per heavy atom. The molecule has 3 aromatic rings. The monoisotopic (exact) mass is 473 g/mol. The van der Waals surface area contributed by atoms with Crippen LogP contribution in [0.2, 0.25) is 0 Å². The van der Waals surface area contributed by atoms with Crippen LogP contribution >= 0.6 is 0 Å². The van der Waals surface area contributed by atoms with Crippen LogP contribution in [0.3, 0.4) is 0 Å². The Balaban J connectivity index is 1.91. The maximum atomic E-state index is 13.4. The van der Waals surface area contributed by atoms with Gasteiger partial charge in [-0.2, -0.15) is 0 Å². The van der Waals surface area contributed by atoms with Crippen molar-refractivity contribution >= 4 is 23.0 Å². The number of ether oxygens (including phenoxy) is 2. The lowest BCUT2D eigenvalue weighted by Crippen LogP contribution is -2.36. The van der Waals surface area contributed by atoms with E-state index in [0.717, 1.165) is 33.6 Å². The molecule has 0 radical (unpaired) electrons. The van der Waals surface area contributed by atoms with Crippen LogP contribution in [0.1, 0.15) is 44.7 Å². The number of rotatable bonds is 7. The van der Waals surface area contributed by atoms with E-state index in [1.165, 1.54) is 0 Å². The van der Waals surface area contributed by atoms with Crippen molar-refractivity contribution in [1.82, 2.24) is 14.5 Å². The third-order valence-corrected chi connectivity index (χ3v) is 6.39. The van der Waals surface area contributed by atoms with E-state index in [-0.39, 0.29) is 13.2 Å². The highest BCUT2D eigenvalue weighted by Crippen LogP contribution is 2.43. The first-order valence-electron chi connectivity index (χ1n) is 11.9. The minimum atomic E-state index is -0.593. The van der Waals surface area contributed by atoms with Gasteiger partial charge in [-0.1, -0.05) is 42.0 Å². The Kier molecular flexibility index (Phi) is 7.05. The third-order valence-electron chi connectivity index (χ3n) is 6.39. The first-order valence-corrected chi connectivity index (χ1v) is 11.9. The maximum absolute atomic E-state index is 13.4. The van der Waals surface area contributed by atoms with Crippen LogP contribution in [0.15, 0.2) is 77.4 Å². The van der Waals surface area contributed by atoms with E-state index in [4.69, 9.17) is 9.47 Å². The van der Waals surface area contributed by atoms with Crippen molar-refractivity contribution in [3.8, 4) is 0 Å². The number of fused-ring (bicyclic) bond motifs is 1. The van der Waals surface area contributed by atoms with Crippen LogP contribution in [-0.2, 0) is 25.7 Å². The molecule has 2 aromatic carbocycles. The zero-order valence-electron chi connectivity index (χ0n) is 20.9. The number of esters is 2. The molecule has 182 valence electrons. The first-order chi connectivity index (χ1) is 16.9. The zero-order chi connectivity index (χ0) is 25.1. The van der Waals surface area contributed by atoms with Gasteiger partial charge < -0.3 is 18.9 Å². The lowest BCUT2D eigenvalue weighted by atomic mass is 9.79. The van der Waals surface area contributed by atoms with Crippen molar-refractivity contribution < 1.29 is 19.1 Å². The number of carbonyl (C=O) groups is 2. The third kappa shape index (κ3) is 4.58. The summed E-state index contributed by atoms with van der Waals surface area (Å²) in [6, 6.07) is 15.7. The summed E-state index contributed by atoms with van der Waals surface area (Å²) in [6.45, 7) is 10.2. The summed E-state index contributed by atoms with van der Waals surface area (Å²) in [5, 5.41) is 0. The molecule has 7 heteroatoms. The summed E-state index contributed by atoms with van der Waals surface area (Å²) in [7, 11) is 0. The SMILES string of the molecule is CCOC(=O)C1=C(C)N(Cn2cnc3ccccc32)C(C)=C(C(=O)OCC)C1c1ccc(C)cc1. The van der Waals surface area contributed by atoms with Gasteiger partial charge in [0.05, 0.1) is 47.6 Å². The van der Waals surface area contributed by atoms with Gasteiger partial charge in [-0.25, -0.2) is 14.6 Å². The molecule has 35 heavy (non-hydrogen) atoms. The van der Waals surface area contributed by atoms with Crippen LogP contribution in [0.4, 0.5) is 0 Å². The van der Waals surface area contributed by atoms with E-state index >= 15 is 0 Å². The van der Waals surface area contributed by atoms with Crippen LogP contribution in [0.25, 0.3) is 11.0 Å². The lowest BCUT2D eigenvalue weighted by molar-refractivity contribution is -0.139. The molecule has 4 rings (SSSR count). The van der Waals surface area contributed by atoms with E-state index in [1.807, 2.05) is 78.8 Å².